The van der Waals surface area contributed by atoms with Crippen molar-refractivity contribution in [2.45, 2.75) is 18.9 Å². The first kappa shape index (κ1) is 24.7. The highest BCUT2D eigenvalue weighted by atomic mass is 35.5. The average molecular weight is 501 g/mol. The van der Waals surface area contributed by atoms with E-state index in [1.165, 1.54) is 12.4 Å². The fourth-order valence-electron chi connectivity index (χ4n) is 3.73. The number of ether oxygens (including phenoxy) is 1. The smallest absolute Gasteiger partial charge is 0.341 e. The molecule has 0 aliphatic carbocycles. The minimum Gasteiger partial charge on any atom is -0.462 e. The number of rotatable bonds is 9. The molecular weight excluding hydrogens is 480 g/mol. The number of aromatic nitrogens is 3. The number of nitrogens with one attached hydrogen (secondary N) is 1. The maximum atomic E-state index is 12.5. The number of esters is 1. The van der Waals surface area contributed by atoms with Crippen molar-refractivity contribution in [3.05, 3.63) is 83.3 Å². The van der Waals surface area contributed by atoms with E-state index in [0.717, 1.165) is 0 Å². The lowest BCUT2D eigenvalue weighted by atomic mass is 9.91. The van der Waals surface area contributed by atoms with E-state index in [1.807, 2.05) is 12.2 Å². The quantitative estimate of drug-likeness (QED) is 0.340. The van der Waals surface area contributed by atoms with Crippen molar-refractivity contribution in [2.75, 3.05) is 18.5 Å². The molecule has 1 aliphatic heterocycles. The van der Waals surface area contributed by atoms with Gasteiger partial charge in [0.05, 0.1) is 35.2 Å². The molecule has 9 nitrogen and oxygen atoms in total. The highest BCUT2D eigenvalue weighted by Gasteiger charge is 2.31. The largest absolute Gasteiger partial charge is 0.462 e. The summed E-state index contributed by atoms with van der Waals surface area (Å²) in [5, 5.41) is 11.7. The summed E-state index contributed by atoms with van der Waals surface area (Å²) in [4.78, 5) is 41.7. The number of halogens is 1. The van der Waals surface area contributed by atoms with Crippen LogP contribution >= 0.6 is 11.6 Å². The van der Waals surface area contributed by atoms with Gasteiger partial charge in [-0.2, -0.15) is 5.26 Å². The van der Waals surface area contributed by atoms with Crippen LogP contribution in [0.25, 0.3) is 11.3 Å². The van der Waals surface area contributed by atoms with Crippen molar-refractivity contribution in [3.63, 3.8) is 0 Å². The summed E-state index contributed by atoms with van der Waals surface area (Å²) in [6.07, 6.45) is 8.87. The molecule has 0 bridgehead atoms. The molecule has 36 heavy (non-hydrogen) atoms. The molecule has 0 amide bonds. The van der Waals surface area contributed by atoms with Crippen molar-refractivity contribution < 1.29 is 14.3 Å². The fraction of sp³-hybridized carbons (Fsp3) is 0.192. The number of nitrogens with zero attached hydrogens (tertiary/aromatic N) is 5. The zero-order valence-corrected chi connectivity index (χ0v) is 20.1. The SMILES string of the molecule is CCOC(=O)c1cnc(NCCC2(c3ccc(C(=O)Cl)cn3)C=CC=N2)nc1-c1ccc(C#N)cc1. The van der Waals surface area contributed by atoms with Crippen LogP contribution in [0.4, 0.5) is 5.95 Å². The fourth-order valence-corrected chi connectivity index (χ4v) is 3.84. The molecule has 0 radical (unpaired) electrons. The molecule has 10 heteroatoms. The normalized spacial score (nSPS) is 15.9. The van der Waals surface area contributed by atoms with Gasteiger partial charge in [-0.1, -0.05) is 12.1 Å². The molecule has 0 saturated heterocycles. The Balaban J connectivity index is 1.55. The first-order chi connectivity index (χ1) is 17.5. The van der Waals surface area contributed by atoms with Crippen LogP contribution < -0.4 is 5.32 Å². The summed E-state index contributed by atoms with van der Waals surface area (Å²) < 4.78 is 5.16. The molecule has 0 spiro atoms. The van der Waals surface area contributed by atoms with Gasteiger partial charge in [0.1, 0.15) is 11.1 Å². The van der Waals surface area contributed by atoms with Crippen molar-refractivity contribution >= 4 is 35.0 Å². The minimum absolute atomic E-state index is 0.218. The summed E-state index contributed by atoms with van der Waals surface area (Å²) in [7, 11) is 0. The lowest BCUT2D eigenvalue weighted by molar-refractivity contribution is 0.0526. The van der Waals surface area contributed by atoms with E-state index >= 15 is 0 Å². The summed E-state index contributed by atoms with van der Waals surface area (Å²) in [6, 6.07) is 12.2. The van der Waals surface area contributed by atoms with E-state index in [1.54, 1.807) is 49.5 Å². The van der Waals surface area contributed by atoms with E-state index in [2.05, 4.69) is 31.3 Å². The van der Waals surface area contributed by atoms with E-state index in [9.17, 15) is 9.59 Å². The second-order valence-corrected chi connectivity index (χ2v) is 8.15. The Morgan fingerprint density at radius 2 is 1.94 bits per heavy atom. The number of anilines is 1. The summed E-state index contributed by atoms with van der Waals surface area (Å²) in [6.45, 7) is 2.38. The van der Waals surface area contributed by atoms with Crippen molar-refractivity contribution in [1.29, 1.82) is 5.26 Å². The number of aliphatic imine (C=N–C) groups is 1. The van der Waals surface area contributed by atoms with Crippen LogP contribution in [0.5, 0.6) is 0 Å². The van der Waals surface area contributed by atoms with Crippen LogP contribution in [-0.4, -0.2) is 45.5 Å². The van der Waals surface area contributed by atoms with Crippen LogP contribution in [0, 0.1) is 11.3 Å². The van der Waals surface area contributed by atoms with Crippen LogP contribution in [0.1, 0.15) is 45.3 Å². The summed E-state index contributed by atoms with van der Waals surface area (Å²) in [5.41, 5.74) is 2.05. The summed E-state index contributed by atoms with van der Waals surface area (Å²) >= 11 is 5.53. The number of hydrogen-bond donors (Lipinski definition) is 1. The Kier molecular flexibility index (Phi) is 7.47. The second kappa shape index (κ2) is 10.9. The number of benzene rings is 1. The Bertz CT molecular complexity index is 1370. The third-order valence-corrected chi connectivity index (χ3v) is 5.78. The second-order valence-electron chi connectivity index (χ2n) is 7.81. The van der Waals surface area contributed by atoms with Crippen LogP contribution in [0.3, 0.4) is 0 Å². The Labute approximate surface area is 212 Å². The third-order valence-electron chi connectivity index (χ3n) is 5.56. The zero-order chi connectivity index (χ0) is 25.5. The summed E-state index contributed by atoms with van der Waals surface area (Å²) in [5.74, 6) is -0.211. The highest BCUT2D eigenvalue weighted by molar-refractivity contribution is 6.67. The molecule has 1 aromatic carbocycles. The van der Waals surface area contributed by atoms with Crippen LogP contribution in [0.15, 0.2) is 65.9 Å². The molecule has 1 atom stereocenters. The van der Waals surface area contributed by atoms with E-state index < -0.39 is 16.8 Å². The Morgan fingerprint density at radius 1 is 1.14 bits per heavy atom. The molecule has 0 saturated carbocycles. The predicted octanol–water partition coefficient (Wildman–Crippen LogP) is 4.30. The van der Waals surface area contributed by atoms with E-state index in [0.29, 0.717) is 47.0 Å². The predicted molar refractivity (Wildman–Crippen MR) is 135 cm³/mol. The van der Waals surface area contributed by atoms with Gasteiger partial charge in [-0.15, -0.1) is 0 Å². The molecule has 2 aromatic heterocycles. The number of nitriles is 1. The van der Waals surface area contributed by atoms with Gasteiger partial charge in [-0.3, -0.25) is 14.8 Å². The average Bonchev–Trinajstić information content (AvgIpc) is 3.39. The maximum absolute atomic E-state index is 12.5. The third kappa shape index (κ3) is 5.29. The lowest BCUT2D eigenvalue weighted by Crippen LogP contribution is -2.25. The molecule has 4 rings (SSSR count). The molecular formula is C26H21ClN6O3. The highest BCUT2D eigenvalue weighted by Crippen LogP contribution is 2.33. The first-order valence-corrected chi connectivity index (χ1v) is 11.5. The number of hydrogen-bond acceptors (Lipinski definition) is 9. The van der Waals surface area contributed by atoms with E-state index in [-0.39, 0.29) is 12.2 Å². The maximum Gasteiger partial charge on any atom is 0.341 e. The van der Waals surface area contributed by atoms with Crippen molar-refractivity contribution in [3.8, 4) is 17.3 Å². The van der Waals surface area contributed by atoms with E-state index in [4.69, 9.17) is 21.6 Å². The minimum atomic E-state index is -0.707. The van der Waals surface area contributed by atoms with Crippen molar-refractivity contribution in [2.24, 2.45) is 4.99 Å². The lowest BCUT2D eigenvalue weighted by Gasteiger charge is -2.24. The van der Waals surface area contributed by atoms with Gasteiger partial charge < -0.3 is 10.1 Å². The van der Waals surface area contributed by atoms with Gasteiger partial charge in [0.2, 0.25) is 5.95 Å². The number of carbonyl (C=O) groups is 2. The van der Waals surface area contributed by atoms with Gasteiger partial charge in [0.25, 0.3) is 5.24 Å². The monoisotopic (exact) mass is 500 g/mol. The van der Waals surface area contributed by atoms with Gasteiger partial charge in [-0.05, 0) is 61.4 Å². The number of allylic oxidation sites excluding steroid dienone is 1. The van der Waals surface area contributed by atoms with Gasteiger partial charge >= 0.3 is 5.97 Å². The molecule has 3 heterocycles. The molecule has 3 aromatic rings. The number of carbonyl (C=O) groups excluding carboxylic acids is 2. The van der Waals surface area contributed by atoms with Gasteiger partial charge in [0.15, 0.2) is 0 Å². The molecule has 1 N–H and O–H groups in total. The Morgan fingerprint density at radius 3 is 2.56 bits per heavy atom. The first-order valence-electron chi connectivity index (χ1n) is 11.1. The Hall–Kier alpha value is -4.42. The topological polar surface area (TPSA) is 130 Å². The van der Waals surface area contributed by atoms with Gasteiger partial charge in [-0.25, -0.2) is 14.8 Å². The molecule has 0 fully saturated rings. The zero-order valence-electron chi connectivity index (χ0n) is 19.3. The molecule has 1 unspecified atom stereocenters. The standard InChI is InChI=1S/C26H21ClN6O3/c1-2-36-24(35)20-16-31-25(33-22(20)18-6-4-17(14-28)5-7-18)29-13-11-26(10-3-12-32-26)21-9-8-19(15-30-21)23(27)34/h3-10,12,15-16H,2,11,13H2,1H3,(H,29,31,33). The van der Waals surface area contributed by atoms with Crippen LogP contribution in [0.2, 0.25) is 0 Å². The number of pyridine rings is 1. The van der Waals surface area contributed by atoms with Crippen LogP contribution in [-0.2, 0) is 10.3 Å². The van der Waals surface area contributed by atoms with Gasteiger partial charge in [0, 0.05) is 30.7 Å². The van der Waals surface area contributed by atoms with Crippen molar-refractivity contribution in [1.82, 2.24) is 15.0 Å². The molecule has 180 valence electrons. The molecule has 1 aliphatic rings.